The SMILES string of the molecule is CCCNC(=O)c1ccccc1NC(=O)CCCN(C)S(=O)(=O)c1ccc(OC)cc1. The van der Waals surface area contributed by atoms with Crippen LogP contribution in [0.2, 0.25) is 0 Å². The summed E-state index contributed by atoms with van der Waals surface area (Å²) in [6.45, 7) is 2.69. The van der Waals surface area contributed by atoms with Crippen LogP contribution in [-0.4, -0.2) is 51.8 Å². The Labute approximate surface area is 183 Å². The number of nitrogens with zero attached hydrogens (tertiary/aromatic N) is 1. The van der Waals surface area contributed by atoms with Crippen molar-refractivity contribution in [2.75, 3.05) is 32.6 Å². The fourth-order valence-electron chi connectivity index (χ4n) is 2.85. The third kappa shape index (κ3) is 6.80. The first-order valence-corrected chi connectivity index (χ1v) is 11.5. The predicted molar refractivity (Wildman–Crippen MR) is 120 cm³/mol. The van der Waals surface area contributed by atoms with E-state index in [-0.39, 0.29) is 29.7 Å². The van der Waals surface area contributed by atoms with E-state index in [1.54, 1.807) is 36.4 Å². The normalized spacial score (nSPS) is 11.2. The van der Waals surface area contributed by atoms with Crippen LogP contribution in [0.1, 0.15) is 36.5 Å². The summed E-state index contributed by atoms with van der Waals surface area (Å²) in [6.07, 6.45) is 1.27. The number of carbonyl (C=O) groups excluding carboxylic acids is 2. The molecular formula is C22H29N3O5S. The molecule has 0 saturated heterocycles. The Morgan fingerprint density at radius 1 is 1.06 bits per heavy atom. The molecule has 2 amide bonds. The number of nitrogens with one attached hydrogen (secondary N) is 2. The van der Waals surface area contributed by atoms with E-state index in [1.807, 2.05) is 6.92 Å². The molecule has 0 aliphatic rings. The monoisotopic (exact) mass is 447 g/mol. The maximum atomic E-state index is 12.6. The zero-order valence-electron chi connectivity index (χ0n) is 18.1. The number of anilines is 1. The van der Waals surface area contributed by atoms with E-state index >= 15 is 0 Å². The summed E-state index contributed by atoms with van der Waals surface area (Å²) in [6, 6.07) is 12.9. The van der Waals surface area contributed by atoms with Crippen LogP contribution in [0.4, 0.5) is 5.69 Å². The van der Waals surface area contributed by atoms with Crippen molar-refractivity contribution in [1.29, 1.82) is 0 Å². The molecule has 2 rings (SSSR count). The van der Waals surface area contributed by atoms with Crippen LogP contribution < -0.4 is 15.4 Å². The molecular weight excluding hydrogens is 418 g/mol. The molecule has 0 aliphatic carbocycles. The molecule has 9 heteroatoms. The van der Waals surface area contributed by atoms with Crippen LogP contribution in [0.5, 0.6) is 5.75 Å². The third-order valence-corrected chi connectivity index (χ3v) is 6.50. The highest BCUT2D eigenvalue weighted by molar-refractivity contribution is 7.89. The number of methoxy groups -OCH3 is 1. The number of sulfonamides is 1. The maximum absolute atomic E-state index is 12.6. The van der Waals surface area contributed by atoms with Gasteiger partial charge in [0.15, 0.2) is 0 Å². The molecule has 0 fully saturated rings. The lowest BCUT2D eigenvalue weighted by molar-refractivity contribution is -0.116. The van der Waals surface area contributed by atoms with E-state index < -0.39 is 10.0 Å². The molecule has 0 atom stereocenters. The number of hydrogen-bond donors (Lipinski definition) is 2. The van der Waals surface area contributed by atoms with Gasteiger partial charge in [-0.1, -0.05) is 19.1 Å². The Hall–Kier alpha value is -2.91. The molecule has 2 N–H and O–H groups in total. The lowest BCUT2D eigenvalue weighted by atomic mass is 10.1. The topological polar surface area (TPSA) is 105 Å². The maximum Gasteiger partial charge on any atom is 0.253 e. The van der Waals surface area contributed by atoms with Gasteiger partial charge in [-0.25, -0.2) is 12.7 Å². The van der Waals surface area contributed by atoms with Gasteiger partial charge >= 0.3 is 0 Å². The standard InChI is InChI=1S/C22H29N3O5S/c1-4-15-23-22(27)19-8-5-6-9-20(19)24-21(26)10-7-16-25(2)31(28,29)18-13-11-17(30-3)12-14-18/h5-6,8-9,11-14H,4,7,10,15-16H2,1-3H3,(H,23,27)(H,24,26). The highest BCUT2D eigenvalue weighted by atomic mass is 32.2. The third-order valence-electron chi connectivity index (χ3n) is 4.63. The Kier molecular flexibility index (Phi) is 9.02. The summed E-state index contributed by atoms with van der Waals surface area (Å²) >= 11 is 0. The summed E-state index contributed by atoms with van der Waals surface area (Å²) in [5.74, 6) is 0.0380. The second-order valence-corrected chi connectivity index (χ2v) is 9.00. The fourth-order valence-corrected chi connectivity index (χ4v) is 4.06. The molecule has 0 saturated carbocycles. The summed E-state index contributed by atoms with van der Waals surface area (Å²) < 4.78 is 31.6. The van der Waals surface area contributed by atoms with Crippen LogP contribution in [0.3, 0.4) is 0 Å². The number of hydrogen-bond acceptors (Lipinski definition) is 5. The first-order valence-electron chi connectivity index (χ1n) is 10.1. The van der Waals surface area contributed by atoms with Crippen LogP contribution in [0.25, 0.3) is 0 Å². The molecule has 0 aromatic heterocycles. The van der Waals surface area contributed by atoms with Gasteiger partial charge < -0.3 is 15.4 Å². The molecule has 2 aromatic carbocycles. The molecule has 168 valence electrons. The predicted octanol–water partition coefficient (Wildman–Crippen LogP) is 2.87. The highest BCUT2D eigenvalue weighted by Gasteiger charge is 2.21. The minimum atomic E-state index is -3.65. The second-order valence-electron chi connectivity index (χ2n) is 6.96. The lowest BCUT2D eigenvalue weighted by Crippen LogP contribution is -2.29. The van der Waals surface area contributed by atoms with Crippen molar-refractivity contribution in [2.45, 2.75) is 31.1 Å². The van der Waals surface area contributed by atoms with Gasteiger partial charge in [0, 0.05) is 26.6 Å². The van der Waals surface area contributed by atoms with Crippen molar-refractivity contribution in [3.8, 4) is 5.75 Å². The van der Waals surface area contributed by atoms with Gasteiger partial charge in [0.1, 0.15) is 5.75 Å². The number of carbonyl (C=O) groups is 2. The van der Waals surface area contributed by atoms with Crippen molar-refractivity contribution in [2.24, 2.45) is 0 Å². The van der Waals surface area contributed by atoms with E-state index in [0.717, 1.165) is 6.42 Å². The van der Waals surface area contributed by atoms with Crippen LogP contribution >= 0.6 is 0 Å². The fraction of sp³-hybridized carbons (Fsp3) is 0.364. The first kappa shape index (κ1) is 24.4. The van der Waals surface area contributed by atoms with Crippen molar-refractivity contribution >= 4 is 27.5 Å². The minimum Gasteiger partial charge on any atom is -0.497 e. The Balaban J connectivity index is 1.91. The Bertz CT molecular complexity index is 990. The van der Waals surface area contributed by atoms with Crippen LogP contribution in [-0.2, 0) is 14.8 Å². The average molecular weight is 448 g/mol. The number of amides is 2. The van der Waals surface area contributed by atoms with Crippen molar-refractivity contribution in [3.05, 3.63) is 54.1 Å². The quantitative estimate of drug-likeness (QED) is 0.551. The van der Waals surface area contributed by atoms with Gasteiger partial charge in [0.2, 0.25) is 15.9 Å². The molecule has 31 heavy (non-hydrogen) atoms. The zero-order chi connectivity index (χ0) is 22.9. The molecule has 0 heterocycles. The molecule has 0 aliphatic heterocycles. The lowest BCUT2D eigenvalue weighted by Gasteiger charge is -2.17. The Morgan fingerprint density at radius 2 is 1.74 bits per heavy atom. The second kappa shape index (κ2) is 11.5. The van der Waals surface area contributed by atoms with E-state index in [1.165, 1.54) is 30.6 Å². The Morgan fingerprint density at radius 3 is 2.39 bits per heavy atom. The van der Waals surface area contributed by atoms with Crippen molar-refractivity contribution in [3.63, 3.8) is 0 Å². The number of ether oxygens (including phenoxy) is 1. The van der Waals surface area contributed by atoms with Gasteiger partial charge in [0.25, 0.3) is 5.91 Å². The van der Waals surface area contributed by atoms with Crippen LogP contribution in [0, 0.1) is 0 Å². The van der Waals surface area contributed by atoms with E-state index in [2.05, 4.69) is 10.6 Å². The number of para-hydroxylation sites is 1. The van der Waals surface area contributed by atoms with Crippen LogP contribution in [0.15, 0.2) is 53.4 Å². The minimum absolute atomic E-state index is 0.118. The average Bonchev–Trinajstić information content (AvgIpc) is 2.77. The van der Waals surface area contributed by atoms with Gasteiger partial charge in [-0.15, -0.1) is 0 Å². The van der Waals surface area contributed by atoms with E-state index in [0.29, 0.717) is 30.0 Å². The van der Waals surface area contributed by atoms with Gasteiger partial charge in [-0.3, -0.25) is 9.59 Å². The largest absolute Gasteiger partial charge is 0.497 e. The number of benzene rings is 2. The zero-order valence-corrected chi connectivity index (χ0v) is 18.9. The van der Waals surface area contributed by atoms with Gasteiger partial charge in [-0.05, 0) is 49.2 Å². The summed E-state index contributed by atoms with van der Waals surface area (Å²) in [7, 11) is -0.667. The summed E-state index contributed by atoms with van der Waals surface area (Å²) in [5.41, 5.74) is 0.823. The first-order chi connectivity index (χ1) is 14.8. The van der Waals surface area contributed by atoms with Gasteiger partial charge in [0.05, 0.1) is 23.3 Å². The van der Waals surface area contributed by atoms with E-state index in [4.69, 9.17) is 4.74 Å². The van der Waals surface area contributed by atoms with Crippen molar-refractivity contribution < 1.29 is 22.7 Å². The summed E-state index contributed by atoms with van der Waals surface area (Å²) in [4.78, 5) is 24.8. The highest BCUT2D eigenvalue weighted by Crippen LogP contribution is 2.19. The van der Waals surface area contributed by atoms with E-state index in [9.17, 15) is 18.0 Å². The van der Waals surface area contributed by atoms with Gasteiger partial charge in [-0.2, -0.15) is 0 Å². The molecule has 0 radical (unpaired) electrons. The molecule has 8 nitrogen and oxygen atoms in total. The van der Waals surface area contributed by atoms with Crippen molar-refractivity contribution in [1.82, 2.24) is 9.62 Å². The summed E-state index contributed by atoms with van der Waals surface area (Å²) in [5, 5.41) is 5.53. The molecule has 2 aromatic rings. The molecule has 0 bridgehead atoms. The smallest absolute Gasteiger partial charge is 0.253 e. The molecule has 0 spiro atoms. The molecule has 0 unspecified atom stereocenters. The number of rotatable bonds is 11.